The lowest BCUT2D eigenvalue weighted by Crippen LogP contribution is -2.51. The van der Waals surface area contributed by atoms with Gasteiger partial charge < -0.3 is 10.2 Å². The van der Waals surface area contributed by atoms with E-state index in [1.807, 2.05) is 96.8 Å². The predicted octanol–water partition coefficient (Wildman–Crippen LogP) is 5.85. The van der Waals surface area contributed by atoms with Gasteiger partial charge in [0.15, 0.2) is 11.6 Å². The number of rotatable bonds is 4. The SMILES string of the molecule is Cc1ccc2c(c1)N1[C@H](C(=O)c3ccccc3)[C@@H](C(=O)c3ccccc3)[C@@]3(C(=O)Nc4ccccc43)[C@H]1C=C2. The summed E-state index contributed by atoms with van der Waals surface area (Å²) in [5, 5.41) is 3.07. The Labute approximate surface area is 226 Å². The third kappa shape index (κ3) is 3.23. The largest absolute Gasteiger partial charge is 0.352 e. The third-order valence-corrected chi connectivity index (χ3v) is 8.46. The van der Waals surface area contributed by atoms with Crippen molar-refractivity contribution in [2.45, 2.75) is 24.4 Å². The van der Waals surface area contributed by atoms with Crippen molar-refractivity contribution < 1.29 is 14.4 Å². The lowest BCUT2D eigenvalue weighted by Gasteiger charge is -2.37. The molecule has 0 aromatic heterocycles. The van der Waals surface area contributed by atoms with E-state index in [0.717, 1.165) is 22.4 Å². The zero-order valence-electron chi connectivity index (χ0n) is 21.4. The molecular weight excluding hydrogens is 484 g/mol. The van der Waals surface area contributed by atoms with E-state index in [0.29, 0.717) is 16.8 Å². The topological polar surface area (TPSA) is 66.5 Å². The molecule has 1 spiro atoms. The smallest absolute Gasteiger partial charge is 0.238 e. The van der Waals surface area contributed by atoms with Gasteiger partial charge >= 0.3 is 0 Å². The van der Waals surface area contributed by atoms with Crippen molar-refractivity contribution in [3.8, 4) is 0 Å². The average molecular weight is 511 g/mol. The van der Waals surface area contributed by atoms with Crippen LogP contribution in [-0.4, -0.2) is 29.6 Å². The number of ketones is 2. The summed E-state index contributed by atoms with van der Waals surface area (Å²) in [4.78, 5) is 45.6. The second-order valence-electron chi connectivity index (χ2n) is 10.5. The molecule has 5 nitrogen and oxygen atoms in total. The summed E-state index contributed by atoms with van der Waals surface area (Å²) in [6.45, 7) is 2.01. The number of hydrogen-bond donors (Lipinski definition) is 1. The van der Waals surface area contributed by atoms with Crippen LogP contribution < -0.4 is 10.2 Å². The van der Waals surface area contributed by atoms with Crippen LogP contribution in [0.15, 0.2) is 109 Å². The number of para-hydroxylation sites is 1. The van der Waals surface area contributed by atoms with Crippen LogP contribution in [0.4, 0.5) is 11.4 Å². The van der Waals surface area contributed by atoms with Crippen LogP contribution in [0.1, 0.15) is 37.4 Å². The fraction of sp³-hybridized carbons (Fsp3) is 0.147. The molecule has 0 aliphatic carbocycles. The number of carbonyl (C=O) groups is 3. The fourth-order valence-corrected chi connectivity index (χ4v) is 6.83. The quantitative estimate of drug-likeness (QED) is 0.350. The molecule has 190 valence electrons. The van der Waals surface area contributed by atoms with Crippen molar-refractivity contribution in [1.29, 1.82) is 0 Å². The Morgan fingerprint density at radius 1 is 0.795 bits per heavy atom. The van der Waals surface area contributed by atoms with Gasteiger partial charge in [-0.1, -0.05) is 103 Å². The molecule has 0 unspecified atom stereocenters. The van der Waals surface area contributed by atoms with E-state index in [1.54, 1.807) is 24.3 Å². The molecule has 3 aliphatic heterocycles. The van der Waals surface area contributed by atoms with Gasteiger partial charge in [-0.3, -0.25) is 14.4 Å². The Morgan fingerprint density at radius 2 is 1.44 bits per heavy atom. The Bertz CT molecular complexity index is 1680. The maximum atomic E-state index is 14.6. The van der Waals surface area contributed by atoms with Gasteiger partial charge in [0.05, 0.1) is 12.0 Å². The van der Waals surface area contributed by atoms with Gasteiger partial charge in [0.1, 0.15) is 11.5 Å². The molecule has 4 aromatic rings. The van der Waals surface area contributed by atoms with E-state index in [1.165, 1.54) is 0 Å². The van der Waals surface area contributed by atoms with Crippen LogP contribution in [0.5, 0.6) is 0 Å². The number of nitrogens with one attached hydrogen (secondary N) is 1. The van der Waals surface area contributed by atoms with Crippen molar-refractivity contribution in [3.05, 3.63) is 137 Å². The van der Waals surface area contributed by atoms with Crippen LogP contribution >= 0.6 is 0 Å². The highest BCUT2D eigenvalue weighted by atomic mass is 16.2. The zero-order chi connectivity index (χ0) is 26.7. The van der Waals surface area contributed by atoms with Gasteiger partial charge in [0, 0.05) is 22.5 Å². The number of amides is 1. The lowest BCUT2D eigenvalue weighted by molar-refractivity contribution is -0.121. The molecule has 0 saturated carbocycles. The highest BCUT2D eigenvalue weighted by Gasteiger charge is 2.70. The maximum absolute atomic E-state index is 14.6. The van der Waals surface area contributed by atoms with Gasteiger partial charge in [-0.25, -0.2) is 0 Å². The Morgan fingerprint density at radius 3 is 2.15 bits per heavy atom. The molecule has 1 saturated heterocycles. The molecular formula is C34H26N2O3. The van der Waals surface area contributed by atoms with E-state index in [4.69, 9.17) is 0 Å². The minimum absolute atomic E-state index is 0.174. The van der Waals surface area contributed by atoms with Gasteiger partial charge in [-0.2, -0.15) is 0 Å². The third-order valence-electron chi connectivity index (χ3n) is 8.46. The van der Waals surface area contributed by atoms with Crippen LogP contribution in [0, 0.1) is 12.8 Å². The number of aryl methyl sites for hydroxylation is 1. The summed E-state index contributed by atoms with van der Waals surface area (Å²) in [6.07, 6.45) is 4.02. The molecule has 1 N–H and O–H groups in total. The first-order chi connectivity index (χ1) is 19.0. The zero-order valence-corrected chi connectivity index (χ0v) is 21.4. The Hall–Kier alpha value is -4.77. The second kappa shape index (κ2) is 8.63. The van der Waals surface area contributed by atoms with E-state index < -0.39 is 23.4 Å². The highest BCUT2D eigenvalue weighted by Crippen LogP contribution is 2.58. The molecule has 5 heteroatoms. The number of fused-ring (bicyclic) bond motifs is 6. The summed E-state index contributed by atoms with van der Waals surface area (Å²) in [7, 11) is 0. The van der Waals surface area contributed by atoms with Crippen LogP contribution in [0.3, 0.4) is 0 Å². The summed E-state index contributed by atoms with van der Waals surface area (Å²) < 4.78 is 0. The Kier molecular flexibility index (Phi) is 5.17. The van der Waals surface area contributed by atoms with Gasteiger partial charge in [-0.05, 0) is 35.7 Å². The number of nitrogens with zero attached hydrogens (tertiary/aromatic N) is 1. The van der Waals surface area contributed by atoms with Crippen molar-refractivity contribution in [2.75, 3.05) is 10.2 Å². The first-order valence-corrected chi connectivity index (χ1v) is 13.2. The molecule has 0 bridgehead atoms. The minimum Gasteiger partial charge on any atom is -0.352 e. The van der Waals surface area contributed by atoms with Crippen LogP contribution in [0.2, 0.25) is 0 Å². The normalized spacial score (nSPS) is 24.2. The number of hydrogen-bond acceptors (Lipinski definition) is 4. The summed E-state index contributed by atoms with van der Waals surface area (Å²) in [5.41, 5.74) is 3.99. The Balaban J connectivity index is 1.55. The number of benzene rings is 4. The van der Waals surface area contributed by atoms with Crippen molar-refractivity contribution in [3.63, 3.8) is 0 Å². The molecule has 1 amide bonds. The van der Waals surface area contributed by atoms with Crippen LogP contribution in [-0.2, 0) is 10.2 Å². The number of carbonyl (C=O) groups excluding carboxylic acids is 3. The molecule has 4 aromatic carbocycles. The van der Waals surface area contributed by atoms with E-state index >= 15 is 0 Å². The standard InChI is InChI=1S/C34H26N2O3/c1-21-16-17-22-18-19-28-34(25-14-8-9-15-26(25)35-33(34)39)29(31(37)23-10-4-2-5-11-23)30(36(28)27(22)20-21)32(38)24-12-6-3-7-13-24/h2-20,28-30H,1H3,(H,35,39)/t28-,29+,30+,34+/m1/s1. The molecule has 7 rings (SSSR count). The monoisotopic (exact) mass is 510 g/mol. The fourth-order valence-electron chi connectivity index (χ4n) is 6.83. The van der Waals surface area contributed by atoms with Gasteiger partial charge in [-0.15, -0.1) is 0 Å². The number of anilines is 2. The molecule has 3 aliphatic rings. The predicted molar refractivity (Wildman–Crippen MR) is 152 cm³/mol. The first-order valence-electron chi connectivity index (χ1n) is 13.2. The number of Topliss-reactive ketones (excluding diaryl/α,β-unsaturated/α-hetero) is 2. The maximum Gasteiger partial charge on any atom is 0.238 e. The molecule has 3 heterocycles. The van der Waals surface area contributed by atoms with E-state index in [9.17, 15) is 14.4 Å². The van der Waals surface area contributed by atoms with E-state index in [-0.39, 0.29) is 17.5 Å². The van der Waals surface area contributed by atoms with Crippen molar-refractivity contribution in [1.82, 2.24) is 0 Å². The van der Waals surface area contributed by atoms with Crippen molar-refractivity contribution in [2.24, 2.45) is 5.92 Å². The van der Waals surface area contributed by atoms with Crippen LogP contribution in [0.25, 0.3) is 6.08 Å². The summed E-state index contributed by atoms with van der Waals surface area (Å²) in [5.74, 6) is -1.60. The van der Waals surface area contributed by atoms with E-state index in [2.05, 4.69) is 11.4 Å². The second-order valence-corrected chi connectivity index (χ2v) is 10.5. The molecule has 1 fully saturated rings. The summed E-state index contributed by atoms with van der Waals surface area (Å²) in [6, 6.07) is 30.4. The molecule has 39 heavy (non-hydrogen) atoms. The molecule has 0 radical (unpaired) electrons. The van der Waals surface area contributed by atoms with Gasteiger partial charge in [0.25, 0.3) is 0 Å². The lowest BCUT2D eigenvalue weighted by atomic mass is 9.64. The molecule has 4 atom stereocenters. The first kappa shape index (κ1) is 23.4. The summed E-state index contributed by atoms with van der Waals surface area (Å²) >= 11 is 0. The average Bonchev–Trinajstić information content (AvgIpc) is 3.45. The highest BCUT2D eigenvalue weighted by molar-refractivity contribution is 6.18. The minimum atomic E-state index is -1.30. The van der Waals surface area contributed by atoms with Crippen molar-refractivity contribution >= 4 is 34.9 Å². The van der Waals surface area contributed by atoms with Gasteiger partial charge in [0.2, 0.25) is 5.91 Å².